The molecular formula is C42H34Cl2N4O9. The molecule has 0 unspecified atom stereocenters. The number of imide groups is 2. The molecule has 4 aliphatic rings. The summed E-state index contributed by atoms with van der Waals surface area (Å²) in [6.07, 6.45) is 5.66. The Kier molecular flexibility index (Phi) is 9.53. The highest BCUT2D eigenvalue weighted by Crippen LogP contribution is 2.62. The van der Waals surface area contributed by atoms with Crippen LogP contribution in [0.2, 0.25) is 10.0 Å². The van der Waals surface area contributed by atoms with Crippen LogP contribution in [0.5, 0.6) is 17.2 Å². The van der Waals surface area contributed by atoms with Crippen molar-refractivity contribution < 1.29 is 38.7 Å². The van der Waals surface area contributed by atoms with Crippen LogP contribution >= 0.6 is 23.2 Å². The number of ether oxygens (including phenoxy) is 2. The van der Waals surface area contributed by atoms with Crippen LogP contribution in [0.25, 0.3) is 6.08 Å². The van der Waals surface area contributed by atoms with Crippen LogP contribution in [0.3, 0.4) is 0 Å². The Labute approximate surface area is 336 Å². The monoisotopic (exact) mass is 808 g/mol. The molecule has 0 radical (unpaired) electrons. The summed E-state index contributed by atoms with van der Waals surface area (Å²) in [4.78, 5) is 70.9. The van der Waals surface area contributed by atoms with E-state index in [9.17, 15) is 29.6 Å². The summed E-state index contributed by atoms with van der Waals surface area (Å²) in [5.41, 5.74) is 3.28. The number of carbonyl (C=O) groups is 4. The predicted octanol–water partition coefficient (Wildman–Crippen LogP) is 7.36. The molecule has 2 saturated heterocycles. The standard InChI is InChI=1S/C42H34Cl2N4O9/c1-56-27-11-8-23(9-12-27)42-31(15-6-22-7-17-35(49)36(18-22)57-2)28-13-14-29-37(40(52)46(38(29)50)25-4-3-5-26(20-25)48(54)55)30(28)21-32(42)39(51)47(41(42)53)45-34-16-10-24(43)19-33(34)44/h3-13,15-20,29-32,37,45,49H,14,21H2,1-2H3/t29-,30+,31-,32-,37-,42-/m0/s1. The lowest BCUT2D eigenvalue weighted by Gasteiger charge is -2.49. The first kappa shape index (κ1) is 37.7. The molecule has 2 N–H and O–H groups in total. The maximum atomic E-state index is 15.4. The summed E-state index contributed by atoms with van der Waals surface area (Å²) in [6.45, 7) is 0. The average molecular weight is 810 g/mol. The van der Waals surface area contributed by atoms with Gasteiger partial charge in [-0.25, -0.2) is 4.90 Å². The fraction of sp³-hybridized carbons (Fsp3) is 0.238. The van der Waals surface area contributed by atoms with Crippen LogP contribution in [-0.2, 0) is 24.6 Å². The molecule has 2 aliphatic carbocycles. The maximum Gasteiger partial charge on any atom is 0.271 e. The smallest absolute Gasteiger partial charge is 0.271 e. The van der Waals surface area contributed by atoms with Gasteiger partial charge in [-0.05, 0) is 78.4 Å². The van der Waals surface area contributed by atoms with E-state index >= 15 is 4.79 Å². The number of anilines is 2. The van der Waals surface area contributed by atoms with Gasteiger partial charge >= 0.3 is 0 Å². The number of methoxy groups -OCH3 is 2. The van der Waals surface area contributed by atoms with Gasteiger partial charge in [0.2, 0.25) is 11.8 Å². The number of nitro groups is 1. The predicted molar refractivity (Wildman–Crippen MR) is 211 cm³/mol. The molecule has 13 nitrogen and oxygen atoms in total. The van der Waals surface area contributed by atoms with E-state index in [0.29, 0.717) is 27.5 Å². The summed E-state index contributed by atoms with van der Waals surface area (Å²) in [5.74, 6) is -5.82. The number of rotatable bonds is 9. The van der Waals surface area contributed by atoms with E-state index in [-0.39, 0.29) is 46.4 Å². The van der Waals surface area contributed by atoms with Crippen molar-refractivity contribution in [1.29, 1.82) is 0 Å². The van der Waals surface area contributed by atoms with E-state index < -0.39 is 63.6 Å². The van der Waals surface area contributed by atoms with Crippen molar-refractivity contribution in [1.82, 2.24) is 5.01 Å². The van der Waals surface area contributed by atoms with E-state index in [2.05, 4.69) is 5.43 Å². The summed E-state index contributed by atoms with van der Waals surface area (Å²) in [6, 6.07) is 21.7. The number of fused-ring (bicyclic) bond motifs is 4. The first-order chi connectivity index (χ1) is 27.4. The van der Waals surface area contributed by atoms with Gasteiger partial charge in [-0.3, -0.25) is 34.7 Å². The molecule has 0 spiro atoms. The van der Waals surface area contributed by atoms with Gasteiger partial charge in [0.25, 0.3) is 17.5 Å². The number of amides is 4. The van der Waals surface area contributed by atoms with Gasteiger partial charge in [0.05, 0.1) is 58.7 Å². The van der Waals surface area contributed by atoms with E-state index in [1.54, 1.807) is 54.6 Å². The van der Waals surface area contributed by atoms with E-state index in [4.69, 9.17) is 32.7 Å². The van der Waals surface area contributed by atoms with Gasteiger partial charge in [0.15, 0.2) is 11.5 Å². The van der Waals surface area contributed by atoms with Crippen LogP contribution in [-0.4, -0.2) is 52.9 Å². The number of nitro benzene ring substituents is 1. The van der Waals surface area contributed by atoms with Crippen molar-refractivity contribution in [3.63, 3.8) is 0 Å². The van der Waals surface area contributed by atoms with E-state index in [1.807, 2.05) is 12.2 Å². The quantitative estimate of drug-likeness (QED) is 0.0755. The molecule has 1 saturated carbocycles. The minimum absolute atomic E-state index is 0.0231. The topological polar surface area (TPSA) is 169 Å². The lowest BCUT2D eigenvalue weighted by atomic mass is 9.50. The molecule has 290 valence electrons. The molecule has 15 heteroatoms. The average Bonchev–Trinajstić information content (AvgIpc) is 3.59. The van der Waals surface area contributed by atoms with Gasteiger partial charge in [0, 0.05) is 23.1 Å². The molecular weight excluding hydrogens is 775 g/mol. The highest BCUT2D eigenvalue weighted by atomic mass is 35.5. The molecule has 0 bridgehead atoms. The van der Waals surface area contributed by atoms with Crippen LogP contribution in [0.15, 0.2) is 103 Å². The fourth-order valence-electron chi connectivity index (χ4n) is 9.10. The molecule has 6 atom stereocenters. The number of halogens is 2. The number of aromatic hydroxyl groups is 1. The van der Waals surface area contributed by atoms with Crippen molar-refractivity contribution in [2.75, 3.05) is 24.5 Å². The minimum atomic E-state index is -1.58. The Hall–Kier alpha value is -6.18. The van der Waals surface area contributed by atoms with Crippen molar-refractivity contribution in [3.8, 4) is 17.2 Å². The number of nitrogens with one attached hydrogen (secondary N) is 1. The van der Waals surface area contributed by atoms with Gasteiger partial charge in [-0.1, -0.05) is 71.3 Å². The third-order valence-electron chi connectivity index (χ3n) is 11.6. The largest absolute Gasteiger partial charge is 0.504 e. The third kappa shape index (κ3) is 6.00. The van der Waals surface area contributed by atoms with Crippen molar-refractivity contribution in [2.24, 2.45) is 29.6 Å². The lowest BCUT2D eigenvalue weighted by Crippen LogP contribution is -2.54. The summed E-state index contributed by atoms with van der Waals surface area (Å²) in [7, 11) is 2.94. The molecule has 4 aromatic rings. The second kappa shape index (κ2) is 14.4. The molecule has 2 aliphatic heterocycles. The van der Waals surface area contributed by atoms with Crippen molar-refractivity contribution in [2.45, 2.75) is 18.3 Å². The van der Waals surface area contributed by atoms with Crippen LogP contribution < -0.4 is 19.8 Å². The summed E-state index contributed by atoms with van der Waals surface area (Å²) < 4.78 is 10.8. The second-order valence-corrected chi connectivity index (χ2v) is 15.2. The summed E-state index contributed by atoms with van der Waals surface area (Å²) >= 11 is 12.7. The minimum Gasteiger partial charge on any atom is -0.504 e. The zero-order valence-electron chi connectivity index (χ0n) is 30.4. The van der Waals surface area contributed by atoms with Gasteiger partial charge in [-0.2, -0.15) is 5.01 Å². The number of phenols is 1. The molecule has 4 aromatic carbocycles. The molecule has 0 aromatic heterocycles. The van der Waals surface area contributed by atoms with Crippen molar-refractivity contribution >= 4 is 70.0 Å². The Bertz CT molecular complexity index is 2440. The Morgan fingerprint density at radius 3 is 2.39 bits per heavy atom. The molecule has 4 amide bonds. The van der Waals surface area contributed by atoms with Crippen LogP contribution in [0.1, 0.15) is 24.0 Å². The maximum absolute atomic E-state index is 15.4. The number of hydrazine groups is 1. The number of carbonyl (C=O) groups excluding carboxylic acids is 4. The Balaban J connectivity index is 1.30. The van der Waals surface area contributed by atoms with Gasteiger partial charge in [0.1, 0.15) is 5.75 Å². The lowest BCUT2D eigenvalue weighted by molar-refractivity contribution is -0.384. The second-order valence-electron chi connectivity index (χ2n) is 14.3. The molecule has 3 fully saturated rings. The highest BCUT2D eigenvalue weighted by molar-refractivity contribution is 6.36. The number of nitrogens with zero attached hydrogens (tertiary/aromatic N) is 3. The van der Waals surface area contributed by atoms with E-state index in [1.165, 1.54) is 50.6 Å². The zero-order valence-corrected chi connectivity index (χ0v) is 31.9. The van der Waals surface area contributed by atoms with Crippen molar-refractivity contribution in [3.05, 3.63) is 134 Å². The zero-order chi connectivity index (χ0) is 40.3. The first-order valence-electron chi connectivity index (χ1n) is 18.0. The number of allylic oxidation sites excluding steroid dienone is 3. The fourth-order valence-corrected chi connectivity index (χ4v) is 9.55. The normalized spacial score (nSPS) is 25.3. The summed E-state index contributed by atoms with van der Waals surface area (Å²) in [5, 5.41) is 23.4. The highest BCUT2D eigenvalue weighted by Gasteiger charge is 2.69. The third-order valence-corrected chi connectivity index (χ3v) is 12.2. The van der Waals surface area contributed by atoms with Gasteiger partial charge < -0.3 is 14.6 Å². The Morgan fingerprint density at radius 2 is 1.68 bits per heavy atom. The number of hydrogen-bond acceptors (Lipinski definition) is 10. The molecule has 57 heavy (non-hydrogen) atoms. The number of non-ortho nitro benzene ring substituents is 1. The molecule has 2 heterocycles. The number of hydrogen-bond donors (Lipinski definition) is 2. The first-order valence-corrected chi connectivity index (χ1v) is 18.8. The number of phenolic OH excluding ortho intramolecular Hbond substituents is 1. The SMILES string of the molecule is COc1ccc([C@@]23C(=O)N(Nc4ccc(Cl)cc4Cl)C(=O)[C@@H]2C[C@@H]2C(=CC[C@@H]4C(=O)N(c5cccc([N+](=O)[O-])c5)C(=O)[C@@H]42)[C@@H]3C=Cc2ccc(O)c(OC)c2)cc1. The van der Waals surface area contributed by atoms with Crippen LogP contribution in [0, 0.1) is 39.7 Å². The van der Waals surface area contributed by atoms with Gasteiger partial charge in [-0.15, -0.1) is 0 Å². The number of benzene rings is 4. The molecule has 8 rings (SSSR count). The van der Waals surface area contributed by atoms with E-state index in [0.717, 1.165) is 9.91 Å². The van der Waals surface area contributed by atoms with Crippen LogP contribution in [0.4, 0.5) is 17.1 Å². The Morgan fingerprint density at radius 1 is 0.912 bits per heavy atom.